The van der Waals surface area contributed by atoms with Gasteiger partial charge in [-0.3, -0.25) is 9.78 Å². The second-order valence-electron chi connectivity index (χ2n) is 8.00. The van der Waals surface area contributed by atoms with E-state index < -0.39 is 9.84 Å². The standard InChI is InChI=1S/C26H28N4O4S/c1-4-30(5-2)25(31)16-18-15-22-23(29-26(28-22)21-9-7-8-14-27-21)17-24(18)34-19-10-12-20(13-11-19)35(32,33)6-3/h7-15,17H,4-6,16H2,1-3H3,(H,28,29). The van der Waals surface area contributed by atoms with Gasteiger partial charge in [-0.1, -0.05) is 13.0 Å². The van der Waals surface area contributed by atoms with Crippen molar-refractivity contribution >= 4 is 26.8 Å². The summed E-state index contributed by atoms with van der Waals surface area (Å²) >= 11 is 0. The first-order chi connectivity index (χ1) is 16.8. The zero-order chi connectivity index (χ0) is 25.0. The highest BCUT2D eigenvalue weighted by Gasteiger charge is 2.18. The average molecular weight is 493 g/mol. The van der Waals surface area contributed by atoms with Crippen molar-refractivity contribution in [1.82, 2.24) is 19.9 Å². The number of pyridine rings is 1. The highest BCUT2D eigenvalue weighted by molar-refractivity contribution is 7.91. The van der Waals surface area contributed by atoms with Crippen LogP contribution in [0.2, 0.25) is 0 Å². The fourth-order valence-electron chi connectivity index (χ4n) is 3.80. The van der Waals surface area contributed by atoms with Crippen molar-refractivity contribution < 1.29 is 17.9 Å². The molecule has 0 atom stereocenters. The van der Waals surface area contributed by atoms with Crippen LogP contribution in [0.25, 0.3) is 22.6 Å². The van der Waals surface area contributed by atoms with Crippen molar-refractivity contribution in [3.05, 3.63) is 66.4 Å². The van der Waals surface area contributed by atoms with E-state index in [9.17, 15) is 13.2 Å². The van der Waals surface area contributed by atoms with Gasteiger partial charge in [0, 0.05) is 30.9 Å². The third kappa shape index (κ3) is 5.35. The smallest absolute Gasteiger partial charge is 0.227 e. The van der Waals surface area contributed by atoms with E-state index in [0.29, 0.717) is 47.2 Å². The van der Waals surface area contributed by atoms with Crippen LogP contribution in [0.5, 0.6) is 11.5 Å². The molecule has 9 heteroatoms. The molecule has 0 bridgehead atoms. The normalized spacial score (nSPS) is 11.5. The molecule has 0 fully saturated rings. The van der Waals surface area contributed by atoms with Gasteiger partial charge < -0.3 is 14.6 Å². The highest BCUT2D eigenvalue weighted by Crippen LogP contribution is 2.32. The number of imidazole rings is 1. The lowest BCUT2D eigenvalue weighted by Crippen LogP contribution is -2.31. The number of nitrogens with one attached hydrogen (secondary N) is 1. The minimum atomic E-state index is -3.31. The highest BCUT2D eigenvalue weighted by atomic mass is 32.2. The van der Waals surface area contributed by atoms with Crippen molar-refractivity contribution in [2.45, 2.75) is 32.1 Å². The summed E-state index contributed by atoms with van der Waals surface area (Å²) in [7, 11) is -3.31. The number of nitrogens with zero attached hydrogens (tertiary/aromatic N) is 3. The molecule has 2 heterocycles. The minimum Gasteiger partial charge on any atom is -0.457 e. The maximum absolute atomic E-state index is 12.9. The van der Waals surface area contributed by atoms with Crippen LogP contribution in [0.3, 0.4) is 0 Å². The second-order valence-corrected chi connectivity index (χ2v) is 10.3. The fraction of sp³-hybridized carbons (Fsp3) is 0.269. The number of H-pyrrole nitrogens is 1. The first-order valence-corrected chi connectivity index (χ1v) is 13.2. The zero-order valence-electron chi connectivity index (χ0n) is 20.0. The SMILES string of the molecule is CCN(CC)C(=O)Cc1cc2[nH]c(-c3ccccn3)nc2cc1Oc1ccc(S(=O)(=O)CC)cc1. The molecular formula is C26H28N4O4S. The maximum atomic E-state index is 12.9. The van der Waals surface area contributed by atoms with Gasteiger partial charge in [-0.25, -0.2) is 13.4 Å². The number of aromatic amines is 1. The Kier molecular flexibility index (Phi) is 7.16. The predicted octanol–water partition coefficient (Wildman–Crippen LogP) is 4.62. The average Bonchev–Trinajstić information content (AvgIpc) is 3.28. The Morgan fingerprint density at radius 1 is 1.03 bits per heavy atom. The van der Waals surface area contributed by atoms with Gasteiger partial charge >= 0.3 is 0 Å². The number of sulfone groups is 1. The molecule has 4 aromatic rings. The Balaban J connectivity index is 1.73. The summed E-state index contributed by atoms with van der Waals surface area (Å²) < 4.78 is 30.4. The van der Waals surface area contributed by atoms with Crippen molar-refractivity contribution in [3.63, 3.8) is 0 Å². The molecule has 8 nitrogen and oxygen atoms in total. The number of carbonyl (C=O) groups is 1. The number of ether oxygens (including phenoxy) is 1. The maximum Gasteiger partial charge on any atom is 0.227 e. The van der Waals surface area contributed by atoms with Gasteiger partial charge in [-0.2, -0.15) is 0 Å². The molecular weight excluding hydrogens is 464 g/mol. The van der Waals surface area contributed by atoms with E-state index in [4.69, 9.17) is 4.74 Å². The van der Waals surface area contributed by atoms with Gasteiger partial charge in [0.25, 0.3) is 0 Å². The van der Waals surface area contributed by atoms with Crippen LogP contribution in [-0.2, 0) is 21.1 Å². The van der Waals surface area contributed by atoms with Crippen LogP contribution in [-0.4, -0.2) is 53.0 Å². The Labute approximate surface area is 204 Å². The van der Waals surface area contributed by atoms with Crippen molar-refractivity contribution in [2.24, 2.45) is 0 Å². The summed E-state index contributed by atoms with van der Waals surface area (Å²) in [5.41, 5.74) is 2.85. The number of aromatic nitrogens is 3. The molecule has 0 aliphatic carbocycles. The molecule has 2 aromatic heterocycles. The van der Waals surface area contributed by atoms with Gasteiger partial charge in [0.2, 0.25) is 5.91 Å². The van der Waals surface area contributed by atoms with Gasteiger partial charge in [0.15, 0.2) is 15.7 Å². The number of rotatable bonds is 9. The lowest BCUT2D eigenvalue weighted by atomic mass is 10.1. The Morgan fingerprint density at radius 2 is 1.77 bits per heavy atom. The van der Waals surface area contributed by atoms with E-state index in [2.05, 4.69) is 15.0 Å². The van der Waals surface area contributed by atoms with E-state index in [0.717, 1.165) is 5.52 Å². The summed E-state index contributed by atoms with van der Waals surface area (Å²) in [6, 6.07) is 15.6. The number of carbonyl (C=O) groups excluding carboxylic acids is 1. The van der Waals surface area contributed by atoms with Crippen LogP contribution in [0, 0.1) is 0 Å². The molecule has 35 heavy (non-hydrogen) atoms. The largest absolute Gasteiger partial charge is 0.457 e. The van der Waals surface area contributed by atoms with Gasteiger partial charge in [0.1, 0.15) is 17.2 Å². The molecule has 2 aromatic carbocycles. The minimum absolute atomic E-state index is 0.00643. The second kappa shape index (κ2) is 10.3. The van der Waals surface area contributed by atoms with Crippen LogP contribution in [0.1, 0.15) is 26.3 Å². The summed E-state index contributed by atoms with van der Waals surface area (Å²) in [5.74, 6) is 1.60. The van der Waals surface area contributed by atoms with Crippen LogP contribution in [0.15, 0.2) is 65.7 Å². The third-order valence-corrected chi connectivity index (χ3v) is 7.57. The van der Waals surface area contributed by atoms with E-state index in [-0.39, 0.29) is 23.0 Å². The van der Waals surface area contributed by atoms with E-state index in [1.807, 2.05) is 38.1 Å². The van der Waals surface area contributed by atoms with Crippen LogP contribution >= 0.6 is 0 Å². The van der Waals surface area contributed by atoms with Crippen molar-refractivity contribution in [2.75, 3.05) is 18.8 Å². The summed E-state index contributed by atoms with van der Waals surface area (Å²) in [6.07, 6.45) is 1.86. The summed E-state index contributed by atoms with van der Waals surface area (Å²) in [4.78, 5) is 27.2. The first kappa shape index (κ1) is 24.4. The number of benzene rings is 2. The number of amides is 1. The molecule has 0 aliphatic rings. The molecule has 182 valence electrons. The Morgan fingerprint density at radius 3 is 2.40 bits per heavy atom. The van der Waals surface area contributed by atoms with Crippen molar-refractivity contribution in [3.8, 4) is 23.0 Å². The van der Waals surface area contributed by atoms with E-state index >= 15 is 0 Å². The first-order valence-electron chi connectivity index (χ1n) is 11.6. The van der Waals surface area contributed by atoms with E-state index in [1.54, 1.807) is 36.2 Å². The lowest BCUT2D eigenvalue weighted by Gasteiger charge is -2.19. The number of likely N-dealkylation sites (N-methyl/N-ethyl adjacent to an activating group) is 1. The Hall–Kier alpha value is -3.72. The molecule has 0 radical (unpaired) electrons. The Bertz CT molecular complexity index is 1430. The van der Waals surface area contributed by atoms with Crippen molar-refractivity contribution in [1.29, 1.82) is 0 Å². The summed E-state index contributed by atoms with van der Waals surface area (Å²) in [6.45, 7) is 6.74. The lowest BCUT2D eigenvalue weighted by molar-refractivity contribution is -0.130. The molecule has 0 unspecified atom stereocenters. The molecule has 0 saturated carbocycles. The quantitative estimate of drug-likeness (QED) is 0.365. The molecule has 0 saturated heterocycles. The van der Waals surface area contributed by atoms with Gasteiger partial charge in [-0.15, -0.1) is 0 Å². The molecule has 1 N–H and O–H groups in total. The number of hydrogen-bond donors (Lipinski definition) is 1. The predicted molar refractivity (Wildman–Crippen MR) is 135 cm³/mol. The number of hydrogen-bond acceptors (Lipinski definition) is 6. The van der Waals surface area contributed by atoms with Gasteiger partial charge in [0.05, 0.1) is 28.1 Å². The van der Waals surface area contributed by atoms with Crippen LogP contribution in [0.4, 0.5) is 0 Å². The fourth-order valence-corrected chi connectivity index (χ4v) is 4.68. The zero-order valence-corrected chi connectivity index (χ0v) is 20.8. The third-order valence-electron chi connectivity index (χ3n) is 5.82. The molecule has 4 rings (SSSR count). The van der Waals surface area contributed by atoms with Gasteiger partial charge in [-0.05, 0) is 56.3 Å². The molecule has 0 aliphatic heterocycles. The van der Waals surface area contributed by atoms with E-state index in [1.165, 1.54) is 12.1 Å². The van der Waals surface area contributed by atoms with Crippen LogP contribution < -0.4 is 4.74 Å². The topological polar surface area (TPSA) is 105 Å². The monoisotopic (exact) mass is 492 g/mol. The molecule has 1 amide bonds. The molecule has 0 spiro atoms. The summed E-state index contributed by atoms with van der Waals surface area (Å²) in [5, 5.41) is 0. The number of fused-ring (bicyclic) bond motifs is 1.